The summed E-state index contributed by atoms with van der Waals surface area (Å²) < 4.78 is 5.85. The molecule has 3 heteroatoms. The standard InChI is InChI=1S/C18H24NOP/c1-13(2)20-17-7-5-4-6-16(17)12-19-18(21)15-10-8-14(3)9-11-15/h4-11,13,18-19H,12,21H2,1-3H3. The number of rotatable bonds is 6. The quantitative estimate of drug-likeness (QED) is 0.796. The smallest absolute Gasteiger partial charge is 0.124 e. The van der Waals surface area contributed by atoms with Gasteiger partial charge in [-0.2, -0.15) is 0 Å². The van der Waals surface area contributed by atoms with E-state index in [4.69, 9.17) is 4.74 Å². The maximum Gasteiger partial charge on any atom is 0.124 e. The lowest BCUT2D eigenvalue weighted by Crippen LogP contribution is -2.17. The van der Waals surface area contributed by atoms with Gasteiger partial charge < -0.3 is 10.1 Å². The second-order valence-electron chi connectivity index (χ2n) is 5.54. The molecule has 112 valence electrons. The highest BCUT2D eigenvalue weighted by Crippen LogP contribution is 2.24. The molecule has 2 nitrogen and oxygen atoms in total. The number of nitrogens with one attached hydrogen (secondary N) is 1. The third kappa shape index (κ3) is 4.84. The highest BCUT2D eigenvalue weighted by atomic mass is 31.0. The van der Waals surface area contributed by atoms with Gasteiger partial charge in [-0.25, -0.2) is 0 Å². The van der Waals surface area contributed by atoms with Gasteiger partial charge >= 0.3 is 0 Å². The number of benzene rings is 2. The van der Waals surface area contributed by atoms with Gasteiger partial charge in [0.05, 0.1) is 6.10 Å². The first-order valence-electron chi connectivity index (χ1n) is 7.36. The number of para-hydroxylation sites is 1. The second kappa shape index (κ2) is 7.59. The zero-order valence-electron chi connectivity index (χ0n) is 13.0. The minimum atomic E-state index is 0.190. The predicted octanol–water partition coefficient (Wildman–Crippen LogP) is 4.45. The van der Waals surface area contributed by atoms with Gasteiger partial charge in [-0.1, -0.05) is 48.0 Å². The second-order valence-corrected chi connectivity index (χ2v) is 6.21. The summed E-state index contributed by atoms with van der Waals surface area (Å²) in [7, 11) is 2.86. The average Bonchev–Trinajstić information content (AvgIpc) is 2.46. The normalized spacial score (nSPS) is 12.4. The molecule has 2 unspecified atom stereocenters. The summed E-state index contributed by atoms with van der Waals surface area (Å²) in [5.41, 5.74) is 3.74. The van der Waals surface area contributed by atoms with Gasteiger partial charge in [-0.15, -0.1) is 9.24 Å². The summed E-state index contributed by atoms with van der Waals surface area (Å²) >= 11 is 0. The molecule has 2 aromatic carbocycles. The molecule has 0 amide bonds. The molecule has 0 bridgehead atoms. The molecule has 0 aliphatic rings. The lowest BCUT2D eigenvalue weighted by Gasteiger charge is -2.18. The minimum Gasteiger partial charge on any atom is -0.491 e. The van der Waals surface area contributed by atoms with Crippen LogP contribution >= 0.6 is 9.24 Å². The van der Waals surface area contributed by atoms with Gasteiger partial charge in [-0.3, -0.25) is 0 Å². The SMILES string of the molecule is Cc1ccc(C(P)NCc2ccccc2OC(C)C)cc1. The zero-order valence-corrected chi connectivity index (χ0v) is 14.1. The molecule has 0 saturated heterocycles. The first kappa shape index (κ1) is 16.0. The monoisotopic (exact) mass is 301 g/mol. The van der Waals surface area contributed by atoms with Crippen molar-refractivity contribution in [1.82, 2.24) is 5.32 Å². The number of hydrogen-bond acceptors (Lipinski definition) is 2. The van der Waals surface area contributed by atoms with Crippen molar-refractivity contribution in [2.24, 2.45) is 0 Å². The maximum atomic E-state index is 5.85. The Morgan fingerprint density at radius 2 is 1.71 bits per heavy atom. The van der Waals surface area contributed by atoms with Gasteiger partial charge in [0.2, 0.25) is 0 Å². The van der Waals surface area contributed by atoms with E-state index in [1.54, 1.807) is 0 Å². The number of ether oxygens (including phenoxy) is 1. The van der Waals surface area contributed by atoms with Crippen LogP contribution in [0.1, 0.15) is 36.3 Å². The van der Waals surface area contributed by atoms with E-state index >= 15 is 0 Å². The van der Waals surface area contributed by atoms with E-state index in [9.17, 15) is 0 Å². The topological polar surface area (TPSA) is 21.3 Å². The molecule has 0 heterocycles. The van der Waals surface area contributed by atoms with E-state index in [0.717, 1.165) is 12.3 Å². The van der Waals surface area contributed by atoms with Crippen molar-refractivity contribution in [3.05, 3.63) is 65.2 Å². The van der Waals surface area contributed by atoms with Crippen LogP contribution in [0.25, 0.3) is 0 Å². The van der Waals surface area contributed by atoms with Crippen molar-refractivity contribution >= 4 is 9.24 Å². The summed E-state index contributed by atoms with van der Waals surface area (Å²) in [6.45, 7) is 6.99. The molecule has 0 saturated carbocycles. The zero-order chi connectivity index (χ0) is 15.2. The third-order valence-corrected chi connectivity index (χ3v) is 3.90. The third-order valence-electron chi connectivity index (χ3n) is 3.28. The predicted molar refractivity (Wildman–Crippen MR) is 92.7 cm³/mol. The summed E-state index contributed by atoms with van der Waals surface area (Å²) in [6.07, 6.45) is 0.190. The van der Waals surface area contributed by atoms with Crippen LogP contribution in [0.3, 0.4) is 0 Å². The van der Waals surface area contributed by atoms with Crippen molar-refractivity contribution in [3.63, 3.8) is 0 Å². The molecule has 2 atom stereocenters. The fourth-order valence-corrected chi connectivity index (χ4v) is 2.47. The molecule has 1 N–H and O–H groups in total. The van der Waals surface area contributed by atoms with E-state index in [1.165, 1.54) is 16.7 Å². The highest BCUT2D eigenvalue weighted by molar-refractivity contribution is 7.17. The Hall–Kier alpha value is -1.37. The first-order valence-corrected chi connectivity index (χ1v) is 8.03. The van der Waals surface area contributed by atoms with E-state index in [1.807, 2.05) is 18.2 Å². The lowest BCUT2D eigenvalue weighted by molar-refractivity contribution is 0.239. The van der Waals surface area contributed by atoms with Crippen LogP contribution in [0.2, 0.25) is 0 Å². The lowest BCUT2D eigenvalue weighted by atomic mass is 10.1. The Morgan fingerprint density at radius 1 is 1.05 bits per heavy atom. The molecule has 21 heavy (non-hydrogen) atoms. The summed E-state index contributed by atoms with van der Waals surface area (Å²) in [5.74, 6) is 1.19. The molecular formula is C18H24NOP. The van der Waals surface area contributed by atoms with Crippen LogP contribution in [0.15, 0.2) is 48.5 Å². The molecule has 0 aromatic heterocycles. The van der Waals surface area contributed by atoms with Crippen LogP contribution in [0, 0.1) is 6.92 Å². The van der Waals surface area contributed by atoms with Crippen LogP contribution in [0.4, 0.5) is 0 Å². The van der Waals surface area contributed by atoms with Gasteiger partial charge in [0.1, 0.15) is 5.75 Å². The van der Waals surface area contributed by atoms with Gasteiger partial charge in [-0.05, 0) is 32.4 Å². The molecule has 0 aliphatic carbocycles. The molecule has 0 aliphatic heterocycles. The number of hydrogen-bond donors (Lipinski definition) is 1. The van der Waals surface area contributed by atoms with Gasteiger partial charge in [0.25, 0.3) is 0 Å². The molecular weight excluding hydrogens is 277 g/mol. The number of aryl methyl sites for hydroxylation is 1. The fourth-order valence-electron chi connectivity index (χ4n) is 2.13. The van der Waals surface area contributed by atoms with Gasteiger partial charge in [0, 0.05) is 17.9 Å². The van der Waals surface area contributed by atoms with Crippen molar-refractivity contribution in [3.8, 4) is 5.75 Å². The van der Waals surface area contributed by atoms with E-state index in [-0.39, 0.29) is 11.9 Å². The Bertz CT molecular complexity index is 566. The van der Waals surface area contributed by atoms with E-state index < -0.39 is 0 Å². The molecule has 0 spiro atoms. The molecule has 0 radical (unpaired) electrons. The molecule has 2 rings (SSSR count). The summed E-state index contributed by atoms with van der Waals surface area (Å²) in [4.78, 5) is 0. The average molecular weight is 301 g/mol. The Kier molecular flexibility index (Phi) is 5.78. The van der Waals surface area contributed by atoms with E-state index in [2.05, 4.69) is 65.7 Å². The van der Waals surface area contributed by atoms with Crippen LogP contribution in [-0.2, 0) is 6.54 Å². The van der Waals surface area contributed by atoms with E-state index in [0.29, 0.717) is 0 Å². The molecule has 0 fully saturated rings. The Morgan fingerprint density at radius 3 is 2.38 bits per heavy atom. The van der Waals surface area contributed by atoms with Crippen molar-refractivity contribution in [2.45, 2.75) is 39.2 Å². The highest BCUT2D eigenvalue weighted by Gasteiger charge is 2.08. The Labute approximate surface area is 130 Å². The largest absolute Gasteiger partial charge is 0.491 e. The van der Waals surface area contributed by atoms with Crippen LogP contribution in [-0.4, -0.2) is 6.10 Å². The van der Waals surface area contributed by atoms with Crippen molar-refractivity contribution < 1.29 is 4.74 Å². The van der Waals surface area contributed by atoms with Crippen molar-refractivity contribution in [1.29, 1.82) is 0 Å². The van der Waals surface area contributed by atoms with Crippen molar-refractivity contribution in [2.75, 3.05) is 0 Å². The summed E-state index contributed by atoms with van der Waals surface area (Å²) in [5, 5.41) is 3.53. The summed E-state index contributed by atoms with van der Waals surface area (Å²) in [6, 6.07) is 16.8. The van der Waals surface area contributed by atoms with Crippen LogP contribution in [0.5, 0.6) is 5.75 Å². The first-order chi connectivity index (χ1) is 10.1. The molecule has 2 aromatic rings. The van der Waals surface area contributed by atoms with Gasteiger partial charge in [0.15, 0.2) is 0 Å². The minimum absolute atomic E-state index is 0.190. The fraction of sp³-hybridized carbons (Fsp3) is 0.333. The Balaban J connectivity index is 2.01. The maximum absolute atomic E-state index is 5.85. The van der Waals surface area contributed by atoms with Crippen LogP contribution < -0.4 is 10.1 Å².